The minimum Gasteiger partial charge on any atom is -0.256 e. The van der Waals surface area contributed by atoms with E-state index in [1.807, 2.05) is 19.1 Å². The van der Waals surface area contributed by atoms with Crippen LogP contribution in [-0.2, 0) is 0 Å². The molecule has 1 unspecified atom stereocenters. The first-order valence-corrected chi connectivity index (χ1v) is 5.10. The molecule has 13 heavy (non-hydrogen) atoms. The molecule has 0 spiro atoms. The van der Waals surface area contributed by atoms with Crippen molar-refractivity contribution in [3.63, 3.8) is 0 Å². The lowest BCUT2D eigenvalue weighted by atomic mass is 10.1. The molecule has 0 bridgehead atoms. The number of alkyl halides is 1. The highest BCUT2D eigenvalue weighted by Gasteiger charge is 2.11. The van der Waals surface area contributed by atoms with E-state index in [2.05, 4.69) is 27.0 Å². The summed E-state index contributed by atoms with van der Waals surface area (Å²) in [5.41, 5.74) is 1.61. The van der Waals surface area contributed by atoms with E-state index in [0.717, 1.165) is 15.9 Å². The minimum absolute atomic E-state index is 0.282. The monoisotopic (exact) mass is 258 g/mol. The highest BCUT2D eigenvalue weighted by atomic mass is 79.9. The number of nitriles is 1. The van der Waals surface area contributed by atoms with Crippen LogP contribution in [0.4, 0.5) is 0 Å². The van der Waals surface area contributed by atoms with Gasteiger partial charge in [-0.2, -0.15) is 5.26 Å². The summed E-state index contributed by atoms with van der Waals surface area (Å²) in [4.78, 5) is 4.26. The van der Waals surface area contributed by atoms with Gasteiger partial charge in [0.2, 0.25) is 0 Å². The molecule has 0 aliphatic carbocycles. The zero-order valence-corrected chi connectivity index (χ0v) is 9.43. The Bertz CT molecular complexity index is 346. The molecule has 1 aromatic rings. The summed E-state index contributed by atoms with van der Waals surface area (Å²) in [6.45, 7) is 1.89. The largest absolute Gasteiger partial charge is 0.256 e. The van der Waals surface area contributed by atoms with Gasteiger partial charge in [0, 0.05) is 10.4 Å². The summed E-state index contributed by atoms with van der Waals surface area (Å²) < 4.78 is 0.947. The zero-order valence-electron chi connectivity index (χ0n) is 7.09. The molecule has 0 radical (unpaired) electrons. The van der Waals surface area contributed by atoms with Gasteiger partial charge in [-0.15, -0.1) is 11.6 Å². The summed E-state index contributed by atoms with van der Waals surface area (Å²) in [5.74, 6) is -0.0293. The molecule has 1 heterocycles. The van der Waals surface area contributed by atoms with Crippen LogP contribution in [0.3, 0.4) is 0 Å². The topological polar surface area (TPSA) is 36.7 Å². The maximum Gasteiger partial charge on any atom is 0.102 e. The van der Waals surface area contributed by atoms with Crippen molar-refractivity contribution in [1.29, 1.82) is 5.26 Å². The number of hydrogen-bond donors (Lipinski definition) is 0. The Labute approximate surface area is 90.7 Å². The first-order valence-electron chi connectivity index (χ1n) is 3.77. The van der Waals surface area contributed by atoms with Crippen LogP contribution in [-0.4, -0.2) is 10.9 Å². The van der Waals surface area contributed by atoms with Crippen LogP contribution in [0.25, 0.3) is 0 Å². The van der Waals surface area contributed by atoms with E-state index in [4.69, 9.17) is 16.9 Å². The quantitative estimate of drug-likeness (QED) is 0.766. The molecule has 2 nitrogen and oxygen atoms in total. The van der Waals surface area contributed by atoms with Gasteiger partial charge in [0.05, 0.1) is 17.5 Å². The molecule has 0 aliphatic rings. The van der Waals surface area contributed by atoms with Crippen LogP contribution in [0.15, 0.2) is 16.6 Å². The summed E-state index contributed by atoms with van der Waals surface area (Å²) in [7, 11) is 0. The summed E-state index contributed by atoms with van der Waals surface area (Å²) >= 11 is 8.96. The third-order valence-corrected chi connectivity index (χ3v) is 2.86. The summed E-state index contributed by atoms with van der Waals surface area (Å²) in [6.07, 6.45) is 0. The first-order chi connectivity index (χ1) is 6.19. The van der Waals surface area contributed by atoms with E-state index in [0.29, 0.717) is 0 Å². The van der Waals surface area contributed by atoms with Gasteiger partial charge in [0.15, 0.2) is 0 Å². The Balaban J connectivity index is 3.04. The van der Waals surface area contributed by atoms with Gasteiger partial charge in [-0.25, -0.2) is 0 Å². The fraction of sp³-hybridized carbons (Fsp3) is 0.333. The molecule has 68 valence electrons. The van der Waals surface area contributed by atoms with Crippen molar-refractivity contribution in [2.75, 3.05) is 5.88 Å². The van der Waals surface area contributed by atoms with E-state index < -0.39 is 0 Å². The van der Waals surface area contributed by atoms with E-state index in [-0.39, 0.29) is 11.8 Å². The van der Waals surface area contributed by atoms with Gasteiger partial charge in [0.1, 0.15) is 5.92 Å². The standard InChI is InChI=1S/C9H8BrClN2/c1-6-8(10)2-3-9(13-6)7(4-11)5-12/h2-3,7H,4H2,1H3. The van der Waals surface area contributed by atoms with Crippen LogP contribution >= 0.6 is 27.5 Å². The van der Waals surface area contributed by atoms with Crippen LogP contribution in [0, 0.1) is 18.3 Å². The molecule has 1 atom stereocenters. The van der Waals surface area contributed by atoms with Crippen molar-refractivity contribution in [3.05, 3.63) is 28.0 Å². The van der Waals surface area contributed by atoms with E-state index in [1.165, 1.54) is 0 Å². The Morgan fingerprint density at radius 1 is 1.69 bits per heavy atom. The number of aryl methyl sites for hydroxylation is 1. The lowest BCUT2D eigenvalue weighted by Crippen LogP contribution is -2.01. The Morgan fingerprint density at radius 3 is 2.85 bits per heavy atom. The lowest BCUT2D eigenvalue weighted by molar-refractivity contribution is 0.910. The normalized spacial score (nSPS) is 12.2. The smallest absolute Gasteiger partial charge is 0.102 e. The maximum absolute atomic E-state index is 8.75. The zero-order chi connectivity index (χ0) is 9.84. The third kappa shape index (κ3) is 2.43. The van der Waals surface area contributed by atoms with Gasteiger partial charge in [-0.3, -0.25) is 4.98 Å². The fourth-order valence-electron chi connectivity index (χ4n) is 0.937. The average Bonchev–Trinajstić information content (AvgIpc) is 2.13. The van der Waals surface area contributed by atoms with Gasteiger partial charge in [-0.05, 0) is 35.0 Å². The van der Waals surface area contributed by atoms with E-state index in [1.54, 1.807) is 0 Å². The molecule has 0 N–H and O–H groups in total. The number of hydrogen-bond acceptors (Lipinski definition) is 2. The predicted molar refractivity (Wildman–Crippen MR) is 55.7 cm³/mol. The predicted octanol–water partition coefficient (Wildman–Crippen LogP) is 3.00. The van der Waals surface area contributed by atoms with Gasteiger partial charge in [-0.1, -0.05) is 0 Å². The van der Waals surface area contributed by atoms with Crippen molar-refractivity contribution >= 4 is 27.5 Å². The second kappa shape index (κ2) is 4.59. The first kappa shape index (κ1) is 10.5. The molecular formula is C9H8BrClN2. The van der Waals surface area contributed by atoms with Crippen molar-refractivity contribution < 1.29 is 0 Å². The number of pyridine rings is 1. The second-order valence-corrected chi connectivity index (χ2v) is 3.80. The molecule has 0 fully saturated rings. The minimum atomic E-state index is -0.312. The Morgan fingerprint density at radius 2 is 2.38 bits per heavy atom. The molecular weight excluding hydrogens is 251 g/mol. The third-order valence-electron chi connectivity index (χ3n) is 1.71. The van der Waals surface area contributed by atoms with Crippen molar-refractivity contribution in [2.45, 2.75) is 12.8 Å². The van der Waals surface area contributed by atoms with Crippen LogP contribution in [0.2, 0.25) is 0 Å². The SMILES string of the molecule is Cc1nc(C(C#N)CCl)ccc1Br. The fourth-order valence-corrected chi connectivity index (χ4v) is 1.39. The van der Waals surface area contributed by atoms with Gasteiger partial charge >= 0.3 is 0 Å². The number of rotatable bonds is 2. The molecule has 0 amide bonds. The molecule has 1 aromatic heterocycles. The van der Waals surface area contributed by atoms with Crippen LogP contribution in [0.5, 0.6) is 0 Å². The highest BCUT2D eigenvalue weighted by Crippen LogP contribution is 2.19. The summed E-state index contributed by atoms with van der Waals surface area (Å²) in [5, 5.41) is 8.75. The van der Waals surface area contributed by atoms with E-state index in [9.17, 15) is 0 Å². The highest BCUT2D eigenvalue weighted by molar-refractivity contribution is 9.10. The Kier molecular flexibility index (Phi) is 3.71. The number of halogens is 2. The molecule has 0 aromatic carbocycles. The van der Waals surface area contributed by atoms with Crippen molar-refractivity contribution in [1.82, 2.24) is 4.98 Å². The second-order valence-electron chi connectivity index (χ2n) is 2.64. The van der Waals surface area contributed by atoms with Crippen molar-refractivity contribution in [3.8, 4) is 6.07 Å². The maximum atomic E-state index is 8.75. The molecule has 4 heteroatoms. The number of nitrogens with zero attached hydrogens (tertiary/aromatic N) is 2. The molecule has 1 rings (SSSR count). The van der Waals surface area contributed by atoms with Crippen molar-refractivity contribution in [2.24, 2.45) is 0 Å². The Hall–Kier alpha value is -0.590. The van der Waals surface area contributed by atoms with Gasteiger partial charge in [0.25, 0.3) is 0 Å². The average molecular weight is 260 g/mol. The number of aromatic nitrogens is 1. The lowest BCUT2D eigenvalue weighted by Gasteiger charge is -2.05. The molecule has 0 saturated carbocycles. The molecule has 0 saturated heterocycles. The van der Waals surface area contributed by atoms with Gasteiger partial charge < -0.3 is 0 Å². The molecule has 0 aliphatic heterocycles. The van der Waals surface area contributed by atoms with Crippen LogP contribution in [0.1, 0.15) is 17.3 Å². The summed E-state index contributed by atoms with van der Waals surface area (Å²) in [6, 6.07) is 5.80. The van der Waals surface area contributed by atoms with E-state index >= 15 is 0 Å². The van der Waals surface area contributed by atoms with Crippen LogP contribution < -0.4 is 0 Å².